The van der Waals surface area contributed by atoms with Crippen molar-refractivity contribution in [3.05, 3.63) is 23.9 Å². The number of rotatable bonds is 4. The summed E-state index contributed by atoms with van der Waals surface area (Å²) in [5, 5.41) is 3.12. The second kappa shape index (κ2) is 5.30. The van der Waals surface area contributed by atoms with E-state index in [2.05, 4.69) is 55.2 Å². The molecule has 3 heteroatoms. The normalized spacial score (nSPS) is 11.6. The van der Waals surface area contributed by atoms with Crippen LogP contribution in [-0.2, 0) is 6.54 Å². The van der Waals surface area contributed by atoms with Crippen molar-refractivity contribution in [2.45, 2.75) is 27.3 Å². The van der Waals surface area contributed by atoms with Gasteiger partial charge in [-0.3, -0.25) is 0 Å². The van der Waals surface area contributed by atoms with E-state index in [-0.39, 0.29) is 0 Å². The van der Waals surface area contributed by atoms with Crippen molar-refractivity contribution in [1.82, 2.24) is 10.3 Å². The van der Waals surface area contributed by atoms with Crippen LogP contribution < -0.4 is 10.2 Å². The first-order valence-corrected chi connectivity index (χ1v) is 5.73. The maximum absolute atomic E-state index is 4.47. The van der Waals surface area contributed by atoms with Crippen LogP contribution in [0, 0.1) is 5.41 Å². The molecule has 0 aliphatic carbocycles. The molecular formula is C13H23N3. The second-order valence-corrected chi connectivity index (χ2v) is 5.47. The topological polar surface area (TPSA) is 28.2 Å². The SMILES string of the molecule is CNCc1ccc(N(C)CC(C)(C)C)nc1. The summed E-state index contributed by atoms with van der Waals surface area (Å²) in [6, 6.07) is 4.20. The Balaban J connectivity index is 2.66. The van der Waals surface area contributed by atoms with E-state index in [1.54, 1.807) is 0 Å². The molecule has 16 heavy (non-hydrogen) atoms. The minimum atomic E-state index is 0.292. The van der Waals surface area contributed by atoms with Gasteiger partial charge in [0.05, 0.1) is 0 Å². The first-order valence-electron chi connectivity index (χ1n) is 5.73. The molecule has 0 aliphatic rings. The van der Waals surface area contributed by atoms with Crippen LogP contribution in [0.5, 0.6) is 0 Å². The number of nitrogens with zero attached hydrogens (tertiary/aromatic N) is 2. The fraction of sp³-hybridized carbons (Fsp3) is 0.615. The molecule has 3 nitrogen and oxygen atoms in total. The monoisotopic (exact) mass is 221 g/mol. The van der Waals surface area contributed by atoms with E-state index in [4.69, 9.17) is 0 Å². The molecule has 0 aromatic carbocycles. The zero-order valence-corrected chi connectivity index (χ0v) is 11.0. The molecule has 0 unspecified atom stereocenters. The summed E-state index contributed by atoms with van der Waals surface area (Å²) in [6.07, 6.45) is 1.94. The quantitative estimate of drug-likeness (QED) is 0.845. The molecule has 0 radical (unpaired) electrons. The molecule has 0 spiro atoms. The molecule has 1 aromatic heterocycles. The molecule has 0 saturated carbocycles. The lowest BCUT2D eigenvalue weighted by atomic mass is 9.96. The van der Waals surface area contributed by atoms with Crippen LogP contribution in [0.15, 0.2) is 18.3 Å². The lowest BCUT2D eigenvalue weighted by molar-refractivity contribution is 0.418. The number of anilines is 1. The van der Waals surface area contributed by atoms with Gasteiger partial charge < -0.3 is 10.2 Å². The van der Waals surface area contributed by atoms with Gasteiger partial charge in [-0.2, -0.15) is 0 Å². The van der Waals surface area contributed by atoms with Crippen LogP contribution in [-0.4, -0.2) is 25.6 Å². The Bertz CT molecular complexity index is 311. The Labute approximate surface area is 98.9 Å². The minimum absolute atomic E-state index is 0.292. The standard InChI is InChI=1S/C13H23N3/c1-13(2,3)10-16(5)12-7-6-11(8-14-4)9-15-12/h6-7,9,14H,8,10H2,1-5H3. The third kappa shape index (κ3) is 4.19. The van der Waals surface area contributed by atoms with Gasteiger partial charge in [0.2, 0.25) is 0 Å². The zero-order chi connectivity index (χ0) is 12.2. The van der Waals surface area contributed by atoms with Gasteiger partial charge in [-0.25, -0.2) is 4.98 Å². The zero-order valence-electron chi connectivity index (χ0n) is 11.0. The second-order valence-electron chi connectivity index (χ2n) is 5.47. The van der Waals surface area contributed by atoms with Crippen molar-refractivity contribution in [1.29, 1.82) is 0 Å². The van der Waals surface area contributed by atoms with Crippen molar-refractivity contribution >= 4 is 5.82 Å². The van der Waals surface area contributed by atoms with Crippen LogP contribution in [0.3, 0.4) is 0 Å². The Kier molecular flexibility index (Phi) is 4.30. The van der Waals surface area contributed by atoms with Crippen LogP contribution >= 0.6 is 0 Å². The summed E-state index contributed by atoms with van der Waals surface area (Å²) in [6.45, 7) is 8.58. The first kappa shape index (κ1) is 13.0. The average Bonchev–Trinajstić information content (AvgIpc) is 2.16. The molecule has 1 N–H and O–H groups in total. The fourth-order valence-electron chi connectivity index (χ4n) is 1.74. The Morgan fingerprint density at radius 3 is 2.44 bits per heavy atom. The number of hydrogen-bond donors (Lipinski definition) is 1. The Morgan fingerprint density at radius 1 is 1.31 bits per heavy atom. The molecule has 1 rings (SSSR count). The predicted octanol–water partition coefficient (Wildman–Crippen LogP) is 2.28. The highest BCUT2D eigenvalue weighted by atomic mass is 15.2. The van der Waals surface area contributed by atoms with E-state index in [0.29, 0.717) is 5.41 Å². The van der Waals surface area contributed by atoms with Crippen molar-refractivity contribution in [2.24, 2.45) is 5.41 Å². The minimum Gasteiger partial charge on any atom is -0.359 e. The van der Waals surface area contributed by atoms with Crippen molar-refractivity contribution in [2.75, 3.05) is 25.5 Å². The highest BCUT2D eigenvalue weighted by Gasteiger charge is 2.14. The first-order chi connectivity index (χ1) is 7.42. The third-order valence-corrected chi connectivity index (χ3v) is 2.29. The number of nitrogens with one attached hydrogen (secondary N) is 1. The molecule has 1 aromatic rings. The maximum atomic E-state index is 4.47. The number of pyridine rings is 1. The van der Waals surface area contributed by atoms with Crippen LogP contribution in [0.2, 0.25) is 0 Å². The molecule has 0 fully saturated rings. The molecule has 0 aliphatic heterocycles. The summed E-state index contributed by atoms with van der Waals surface area (Å²) < 4.78 is 0. The average molecular weight is 221 g/mol. The maximum Gasteiger partial charge on any atom is 0.128 e. The van der Waals surface area contributed by atoms with E-state index in [0.717, 1.165) is 18.9 Å². The lowest BCUT2D eigenvalue weighted by Gasteiger charge is -2.27. The van der Waals surface area contributed by atoms with Gasteiger partial charge in [0.15, 0.2) is 0 Å². The number of aromatic nitrogens is 1. The summed E-state index contributed by atoms with van der Waals surface area (Å²) in [7, 11) is 4.03. The van der Waals surface area contributed by atoms with Gasteiger partial charge in [-0.1, -0.05) is 26.8 Å². The highest BCUT2D eigenvalue weighted by molar-refractivity contribution is 5.38. The molecule has 0 saturated heterocycles. The molecule has 0 atom stereocenters. The van der Waals surface area contributed by atoms with Crippen molar-refractivity contribution in [3.63, 3.8) is 0 Å². The highest BCUT2D eigenvalue weighted by Crippen LogP contribution is 2.18. The predicted molar refractivity (Wildman–Crippen MR) is 69.7 cm³/mol. The van der Waals surface area contributed by atoms with Gasteiger partial charge in [-0.15, -0.1) is 0 Å². The Hall–Kier alpha value is -1.09. The number of hydrogen-bond acceptors (Lipinski definition) is 3. The largest absolute Gasteiger partial charge is 0.359 e. The summed E-state index contributed by atoms with van der Waals surface area (Å²) >= 11 is 0. The summed E-state index contributed by atoms with van der Waals surface area (Å²) in [5.74, 6) is 1.04. The van der Waals surface area contributed by atoms with Crippen LogP contribution in [0.25, 0.3) is 0 Å². The van der Waals surface area contributed by atoms with Gasteiger partial charge in [-0.05, 0) is 24.1 Å². The van der Waals surface area contributed by atoms with Crippen molar-refractivity contribution < 1.29 is 0 Å². The van der Waals surface area contributed by atoms with Gasteiger partial charge >= 0.3 is 0 Å². The van der Waals surface area contributed by atoms with Crippen LogP contribution in [0.4, 0.5) is 5.82 Å². The lowest BCUT2D eigenvalue weighted by Crippen LogP contribution is -2.29. The van der Waals surface area contributed by atoms with E-state index in [1.165, 1.54) is 5.56 Å². The van der Waals surface area contributed by atoms with Gasteiger partial charge in [0.25, 0.3) is 0 Å². The summed E-state index contributed by atoms with van der Waals surface area (Å²) in [4.78, 5) is 6.66. The molecule has 1 heterocycles. The van der Waals surface area contributed by atoms with Gasteiger partial charge in [0, 0.05) is 26.3 Å². The fourth-order valence-corrected chi connectivity index (χ4v) is 1.74. The van der Waals surface area contributed by atoms with E-state index in [9.17, 15) is 0 Å². The smallest absolute Gasteiger partial charge is 0.128 e. The van der Waals surface area contributed by atoms with E-state index < -0.39 is 0 Å². The third-order valence-electron chi connectivity index (χ3n) is 2.29. The summed E-state index contributed by atoms with van der Waals surface area (Å²) in [5.41, 5.74) is 1.51. The Morgan fingerprint density at radius 2 is 2.00 bits per heavy atom. The van der Waals surface area contributed by atoms with Crippen LogP contribution in [0.1, 0.15) is 26.3 Å². The van der Waals surface area contributed by atoms with E-state index in [1.807, 2.05) is 13.2 Å². The molecule has 0 bridgehead atoms. The van der Waals surface area contributed by atoms with Gasteiger partial charge in [0.1, 0.15) is 5.82 Å². The van der Waals surface area contributed by atoms with E-state index >= 15 is 0 Å². The molecule has 0 amide bonds. The molecule has 90 valence electrons. The van der Waals surface area contributed by atoms with Crippen molar-refractivity contribution in [3.8, 4) is 0 Å². The molecular weight excluding hydrogens is 198 g/mol.